The van der Waals surface area contributed by atoms with Crippen molar-refractivity contribution in [1.82, 2.24) is 4.72 Å². The van der Waals surface area contributed by atoms with E-state index >= 15 is 0 Å². The van der Waals surface area contributed by atoms with Crippen LogP contribution in [0.15, 0.2) is 53.4 Å². The molecule has 0 aromatic heterocycles. The largest absolute Gasteiger partial charge is 0.456 e. The molecule has 1 saturated carbocycles. The predicted octanol–water partition coefficient (Wildman–Crippen LogP) is 2.37. The zero-order chi connectivity index (χ0) is 24.3. The van der Waals surface area contributed by atoms with Gasteiger partial charge in [0.25, 0.3) is 11.8 Å². The van der Waals surface area contributed by atoms with Crippen LogP contribution in [0.1, 0.15) is 37.7 Å². The van der Waals surface area contributed by atoms with Gasteiger partial charge in [-0.15, -0.1) is 0 Å². The second-order valence-corrected chi connectivity index (χ2v) is 10.3. The molecule has 180 valence electrons. The molecule has 0 unspecified atom stereocenters. The molecule has 1 heterocycles. The van der Waals surface area contributed by atoms with Crippen LogP contribution in [0.5, 0.6) is 0 Å². The molecule has 10 heteroatoms. The second-order valence-electron chi connectivity index (χ2n) is 8.45. The van der Waals surface area contributed by atoms with Crippen molar-refractivity contribution in [2.75, 3.05) is 23.9 Å². The zero-order valence-electron chi connectivity index (χ0n) is 18.9. The smallest absolute Gasteiger partial charge is 0.306 e. The van der Waals surface area contributed by atoms with Crippen molar-refractivity contribution in [2.45, 2.75) is 49.0 Å². The van der Waals surface area contributed by atoms with Crippen LogP contribution in [0, 0.1) is 0 Å². The lowest BCUT2D eigenvalue weighted by Gasteiger charge is -2.44. The van der Waals surface area contributed by atoms with Crippen LogP contribution in [-0.4, -0.2) is 45.4 Å². The molecular formula is C24H27N3O6S. The van der Waals surface area contributed by atoms with Gasteiger partial charge in [0, 0.05) is 6.42 Å². The Kier molecular flexibility index (Phi) is 6.72. The number of para-hydroxylation sites is 2. The molecule has 4 rings (SSSR count). The summed E-state index contributed by atoms with van der Waals surface area (Å²) in [5.74, 6) is -1.18. The number of amides is 2. The van der Waals surface area contributed by atoms with Gasteiger partial charge in [-0.25, -0.2) is 13.1 Å². The number of ether oxygens (including phenoxy) is 1. The van der Waals surface area contributed by atoms with E-state index in [1.54, 1.807) is 36.4 Å². The standard InChI is InChI=1S/C24H27N3O6S/c1-25-34(31,32)18-11-8-17(9-12-18)10-13-22(29)33-16-21(28)27-20-7-3-2-6-19(20)26-23(30)24(27)14-4-5-15-24/h2-3,6-9,11-12,25H,4-5,10,13-16H2,1H3,(H,26,30). The number of esters is 1. The summed E-state index contributed by atoms with van der Waals surface area (Å²) < 4.78 is 31.1. The third kappa shape index (κ3) is 4.55. The molecule has 2 aromatic rings. The molecule has 1 aliphatic heterocycles. The van der Waals surface area contributed by atoms with E-state index in [0.29, 0.717) is 30.6 Å². The van der Waals surface area contributed by atoms with E-state index in [1.165, 1.54) is 24.1 Å². The number of rotatable bonds is 7. The molecule has 2 aliphatic rings. The van der Waals surface area contributed by atoms with Crippen LogP contribution >= 0.6 is 0 Å². The highest BCUT2D eigenvalue weighted by molar-refractivity contribution is 7.89. The van der Waals surface area contributed by atoms with Gasteiger partial charge in [0.15, 0.2) is 6.61 Å². The normalized spacial score (nSPS) is 16.7. The molecule has 0 saturated heterocycles. The van der Waals surface area contributed by atoms with Gasteiger partial charge in [0.05, 0.1) is 16.3 Å². The highest BCUT2D eigenvalue weighted by Gasteiger charge is 2.52. The van der Waals surface area contributed by atoms with Crippen molar-refractivity contribution in [2.24, 2.45) is 0 Å². The molecule has 2 N–H and O–H groups in total. The molecular weight excluding hydrogens is 458 g/mol. The number of benzene rings is 2. The molecule has 2 amide bonds. The number of nitrogens with one attached hydrogen (secondary N) is 2. The minimum Gasteiger partial charge on any atom is -0.456 e. The fourth-order valence-electron chi connectivity index (χ4n) is 4.61. The molecule has 1 aliphatic carbocycles. The lowest BCUT2D eigenvalue weighted by atomic mass is 9.90. The number of anilines is 2. The summed E-state index contributed by atoms with van der Waals surface area (Å²) in [5.41, 5.74) is 0.993. The fourth-order valence-corrected chi connectivity index (χ4v) is 5.34. The Balaban J connectivity index is 1.39. The first-order valence-electron chi connectivity index (χ1n) is 11.2. The minimum atomic E-state index is -3.52. The van der Waals surface area contributed by atoms with Crippen molar-refractivity contribution < 1.29 is 27.5 Å². The Morgan fingerprint density at radius 1 is 1.09 bits per heavy atom. The molecule has 0 atom stereocenters. The van der Waals surface area contributed by atoms with E-state index in [4.69, 9.17) is 4.74 Å². The Labute approximate surface area is 198 Å². The van der Waals surface area contributed by atoms with Gasteiger partial charge < -0.3 is 10.1 Å². The van der Waals surface area contributed by atoms with Gasteiger partial charge in [-0.1, -0.05) is 37.1 Å². The lowest BCUT2D eigenvalue weighted by Crippen LogP contribution is -2.61. The highest BCUT2D eigenvalue weighted by Crippen LogP contribution is 2.45. The molecule has 1 spiro atoms. The maximum Gasteiger partial charge on any atom is 0.306 e. The van der Waals surface area contributed by atoms with Crippen LogP contribution in [0.25, 0.3) is 0 Å². The monoisotopic (exact) mass is 485 g/mol. The van der Waals surface area contributed by atoms with E-state index in [-0.39, 0.29) is 17.2 Å². The Hall–Kier alpha value is -3.24. The van der Waals surface area contributed by atoms with Crippen molar-refractivity contribution in [3.63, 3.8) is 0 Å². The average Bonchev–Trinajstić information content (AvgIpc) is 3.32. The number of carbonyl (C=O) groups excluding carboxylic acids is 3. The van der Waals surface area contributed by atoms with E-state index in [1.807, 2.05) is 0 Å². The zero-order valence-corrected chi connectivity index (χ0v) is 19.7. The minimum absolute atomic E-state index is 0.0353. The number of hydrogen-bond acceptors (Lipinski definition) is 6. The third-order valence-corrected chi connectivity index (χ3v) is 7.83. The lowest BCUT2D eigenvalue weighted by molar-refractivity contribution is -0.148. The first-order chi connectivity index (χ1) is 16.3. The summed E-state index contributed by atoms with van der Waals surface area (Å²) in [6, 6.07) is 13.3. The van der Waals surface area contributed by atoms with E-state index in [0.717, 1.165) is 18.4 Å². The number of sulfonamides is 1. The molecule has 2 aromatic carbocycles. The van der Waals surface area contributed by atoms with E-state index < -0.39 is 34.0 Å². The molecule has 0 bridgehead atoms. The average molecular weight is 486 g/mol. The van der Waals surface area contributed by atoms with E-state index in [2.05, 4.69) is 10.0 Å². The topological polar surface area (TPSA) is 122 Å². The van der Waals surface area contributed by atoms with Crippen molar-refractivity contribution in [3.05, 3.63) is 54.1 Å². The maximum atomic E-state index is 13.2. The van der Waals surface area contributed by atoms with Gasteiger partial charge in [-0.05, 0) is 56.1 Å². The first-order valence-corrected chi connectivity index (χ1v) is 12.7. The molecule has 1 fully saturated rings. The van der Waals surface area contributed by atoms with Gasteiger partial charge in [0.2, 0.25) is 10.0 Å². The van der Waals surface area contributed by atoms with Crippen molar-refractivity contribution in [1.29, 1.82) is 0 Å². The van der Waals surface area contributed by atoms with Gasteiger partial charge >= 0.3 is 5.97 Å². The SMILES string of the molecule is CNS(=O)(=O)c1ccc(CCC(=O)OCC(=O)N2c3ccccc3NC(=O)C23CCCC3)cc1. The Morgan fingerprint density at radius 2 is 1.76 bits per heavy atom. The number of carbonyl (C=O) groups is 3. The predicted molar refractivity (Wildman–Crippen MR) is 126 cm³/mol. The molecule has 9 nitrogen and oxygen atoms in total. The summed E-state index contributed by atoms with van der Waals surface area (Å²) in [4.78, 5) is 40.1. The van der Waals surface area contributed by atoms with Gasteiger partial charge in [-0.3, -0.25) is 19.3 Å². The van der Waals surface area contributed by atoms with Crippen LogP contribution in [0.2, 0.25) is 0 Å². The Bertz CT molecular complexity index is 1200. The summed E-state index contributed by atoms with van der Waals surface area (Å²) in [7, 11) is -2.18. The summed E-state index contributed by atoms with van der Waals surface area (Å²) in [5, 5.41) is 2.92. The van der Waals surface area contributed by atoms with Crippen LogP contribution in [0.4, 0.5) is 11.4 Å². The number of fused-ring (bicyclic) bond motifs is 1. The third-order valence-electron chi connectivity index (χ3n) is 6.40. The van der Waals surface area contributed by atoms with Crippen molar-refractivity contribution >= 4 is 39.2 Å². The number of hydrogen-bond donors (Lipinski definition) is 2. The number of aryl methyl sites for hydroxylation is 1. The molecule has 34 heavy (non-hydrogen) atoms. The first kappa shape index (κ1) is 23.9. The summed E-state index contributed by atoms with van der Waals surface area (Å²) >= 11 is 0. The Morgan fingerprint density at radius 3 is 2.44 bits per heavy atom. The summed E-state index contributed by atoms with van der Waals surface area (Å²) in [6.07, 6.45) is 3.18. The second kappa shape index (κ2) is 9.55. The van der Waals surface area contributed by atoms with Crippen LogP contribution in [-0.2, 0) is 35.6 Å². The maximum absolute atomic E-state index is 13.2. The van der Waals surface area contributed by atoms with Crippen molar-refractivity contribution in [3.8, 4) is 0 Å². The highest BCUT2D eigenvalue weighted by atomic mass is 32.2. The quantitative estimate of drug-likeness (QED) is 0.581. The molecule has 0 radical (unpaired) electrons. The van der Waals surface area contributed by atoms with E-state index in [9.17, 15) is 22.8 Å². The van der Waals surface area contributed by atoms with Crippen LogP contribution in [0.3, 0.4) is 0 Å². The van der Waals surface area contributed by atoms with Gasteiger partial charge in [0.1, 0.15) is 5.54 Å². The number of nitrogens with zero attached hydrogens (tertiary/aromatic N) is 1. The van der Waals surface area contributed by atoms with Crippen LogP contribution < -0.4 is 14.9 Å². The summed E-state index contributed by atoms with van der Waals surface area (Å²) in [6.45, 7) is -0.457. The fraction of sp³-hybridized carbons (Fsp3) is 0.375. The van der Waals surface area contributed by atoms with Gasteiger partial charge in [-0.2, -0.15) is 0 Å².